The van der Waals surface area contributed by atoms with Gasteiger partial charge in [-0.05, 0) is 35.6 Å². The minimum absolute atomic E-state index is 0.108. The lowest BCUT2D eigenvalue weighted by molar-refractivity contribution is 0.557. The molecule has 0 amide bonds. The molecule has 1 aromatic heterocycles. The highest BCUT2D eigenvalue weighted by Crippen LogP contribution is 2.26. The quantitative estimate of drug-likeness (QED) is 0.632. The Balaban J connectivity index is 2.76. The first-order valence-electron chi connectivity index (χ1n) is 5.43. The van der Waals surface area contributed by atoms with Gasteiger partial charge in [-0.3, -0.25) is 0 Å². The van der Waals surface area contributed by atoms with Gasteiger partial charge in [-0.25, -0.2) is 4.79 Å². The Morgan fingerprint density at radius 2 is 1.81 bits per heavy atom. The molecule has 1 aromatic carbocycles. The lowest BCUT2D eigenvalue weighted by atomic mass is 9.86. The highest BCUT2D eigenvalue weighted by Gasteiger charge is 2.14. The van der Waals surface area contributed by atoms with E-state index in [9.17, 15) is 4.79 Å². The summed E-state index contributed by atoms with van der Waals surface area (Å²) in [5.41, 5.74) is 2.71. The fourth-order valence-electron chi connectivity index (χ4n) is 1.79. The largest absolute Gasteiger partial charge is 0.423 e. The van der Waals surface area contributed by atoms with Gasteiger partial charge in [-0.1, -0.05) is 26.8 Å². The van der Waals surface area contributed by atoms with Crippen LogP contribution in [0.4, 0.5) is 0 Å². The summed E-state index contributed by atoms with van der Waals surface area (Å²) in [7, 11) is 0. The van der Waals surface area contributed by atoms with Crippen molar-refractivity contribution in [2.24, 2.45) is 0 Å². The Labute approximate surface area is 94.9 Å². The molecule has 0 bridgehead atoms. The Bertz CT molecular complexity index is 586. The Hall–Kier alpha value is -1.57. The van der Waals surface area contributed by atoms with Crippen molar-refractivity contribution in [1.29, 1.82) is 0 Å². The molecule has 0 N–H and O–H groups in total. The van der Waals surface area contributed by atoms with Crippen molar-refractivity contribution < 1.29 is 4.42 Å². The number of fused-ring (bicyclic) bond motifs is 1. The summed E-state index contributed by atoms with van der Waals surface area (Å²) < 4.78 is 5.15. The first-order chi connectivity index (χ1) is 7.38. The fraction of sp³-hybridized carbons (Fsp3) is 0.357. The minimum Gasteiger partial charge on any atom is -0.423 e. The second kappa shape index (κ2) is 3.48. The maximum absolute atomic E-state index is 11.2. The molecule has 0 aliphatic rings. The predicted molar refractivity (Wildman–Crippen MR) is 65.9 cm³/mol. The maximum Gasteiger partial charge on any atom is 0.336 e. The second-order valence-electron chi connectivity index (χ2n) is 5.21. The summed E-state index contributed by atoms with van der Waals surface area (Å²) in [5, 5.41) is 1.02. The van der Waals surface area contributed by atoms with Crippen LogP contribution >= 0.6 is 0 Å². The van der Waals surface area contributed by atoms with Gasteiger partial charge >= 0.3 is 5.63 Å². The molecule has 0 atom stereocenters. The van der Waals surface area contributed by atoms with Gasteiger partial charge in [-0.15, -0.1) is 0 Å². The van der Waals surface area contributed by atoms with Gasteiger partial charge in [0, 0.05) is 11.5 Å². The molecule has 2 aromatic rings. The van der Waals surface area contributed by atoms with Crippen LogP contribution in [0, 0.1) is 6.92 Å². The van der Waals surface area contributed by atoms with Crippen molar-refractivity contribution in [3.8, 4) is 0 Å². The summed E-state index contributed by atoms with van der Waals surface area (Å²) >= 11 is 0. The molecule has 0 spiro atoms. The third kappa shape index (κ3) is 1.87. The standard InChI is InChI=1S/C14H16O2/c1-9-7-13(15)16-12-6-5-10(8-11(9)12)14(2,3)4/h5-8H,1-4H3. The molecular weight excluding hydrogens is 200 g/mol. The smallest absolute Gasteiger partial charge is 0.336 e. The summed E-state index contributed by atoms with van der Waals surface area (Å²) in [5.74, 6) is 0. The lowest BCUT2D eigenvalue weighted by Gasteiger charge is -2.19. The first-order valence-corrected chi connectivity index (χ1v) is 5.43. The van der Waals surface area contributed by atoms with E-state index in [-0.39, 0.29) is 11.0 Å². The molecule has 0 saturated heterocycles. The Morgan fingerprint density at radius 1 is 1.12 bits per heavy atom. The van der Waals surface area contributed by atoms with Crippen LogP contribution in [0.1, 0.15) is 31.9 Å². The lowest BCUT2D eigenvalue weighted by Crippen LogP contribution is -2.11. The zero-order chi connectivity index (χ0) is 11.9. The van der Waals surface area contributed by atoms with E-state index in [0.717, 1.165) is 10.9 Å². The van der Waals surface area contributed by atoms with Crippen LogP contribution in [0.3, 0.4) is 0 Å². The van der Waals surface area contributed by atoms with Crippen LogP contribution in [0.5, 0.6) is 0 Å². The summed E-state index contributed by atoms with van der Waals surface area (Å²) in [6.45, 7) is 8.44. The molecule has 0 unspecified atom stereocenters. The van der Waals surface area contributed by atoms with E-state index in [1.165, 1.54) is 11.6 Å². The molecule has 1 heterocycles. The number of aryl methyl sites for hydroxylation is 1. The van der Waals surface area contributed by atoms with Gasteiger partial charge < -0.3 is 4.42 Å². The van der Waals surface area contributed by atoms with Gasteiger partial charge in [0.15, 0.2) is 0 Å². The second-order valence-corrected chi connectivity index (χ2v) is 5.21. The van der Waals surface area contributed by atoms with Gasteiger partial charge in [0.25, 0.3) is 0 Å². The molecule has 84 valence electrons. The van der Waals surface area contributed by atoms with E-state index in [4.69, 9.17) is 4.42 Å². The van der Waals surface area contributed by atoms with E-state index in [1.807, 2.05) is 19.1 Å². The van der Waals surface area contributed by atoms with Crippen molar-refractivity contribution in [2.75, 3.05) is 0 Å². The maximum atomic E-state index is 11.2. The third-order valence-electron chi connectivity index (χ3n) is 2.82. The SMILES string of the molecule is Cc1cc(=O)oc2ccc(C(C)(C)C)cc12. The van der Waals surface area contributed by atoms with Gasteiger partial charge in [0.1, 0.15) is 5.58 Å². The van der Waals surface area contributed by atoms with Crippen LogP contribution in [-0.2, 0) is 5.41 Å². The van der Waals surface area contributed by atoms with E-state index >= 15 is 0 Å². The normalized spacial score (nSPS) is 12.0. The summed E-state index contributed by atoms with van der Waals surface area (Å²) in [6.07, 6.45) is 0. The molecule has 2 rings (SSSR count). The van der Waals surface area contributed by atoms with Crippen molar-refractivity contribution >= 4 is 11.0 Å². The monoisotopic (exact) mass is 216 g/mol. The van der Waals surface area contributed by atoms with Gasteiger partial charge in [-0.2, -0.15) is 0 Å². The molecule has 0 aliphatic carbocycles. The number of rotatable bonds is 0. The summed E-state index contributed by atoms with van der Waals surface area (Å²) in [6, 6.07) is 7.54. The van der Waals surface area contributed by atoms with Crippen molar-refractivity contribution in [3.63, 3.8) is 0 Å². The molecular formula is C14H16O2. The zero-order valence-corrected chi connectivity index (χ0v) is 10.1. The van der Waals surface area contributed by atoms with Gasteiger partial charge in [0.2, 0.25) is 0 Å². The average Bonchev–Trinajstić information content (AvgIpc) is 2.15. The van der Waals surface area contributed by atoms with E-state index in [2.05, 4.69) is 26.8 Å². The molecule has 0 fully saturated rings. The topological polar surface area (TPSA) is 30.2 Å². The molecule has 2 nitrogen and oxygen atoms in total. The first kappa shape index (κ1) is 10.9. The van der Waals surface area contributed by atoms with E-state index in [1.54, 1.807) is 0 Å². The number of hydrogen-bond acceptors (Lipinski definition) is 2. The van der Waals surface area contributed by atoms with Gasteiger partial charge in [0.05, 0.1) is 0 Å². The molecule has 2 heteroatoms. The molecule has 0 aliphatic heterocycles. The average molecular weight is 216 g/mol. The zero-order valence-electron chi connectivity index (χ0n) is 10.1. The van der Waals surface area contributed by atoms with E-state index < -0.39 is 0 Å². The molecule has 16 heavy (non-hydrogen) atoms. The van der Waals surface area contributed by atoms with Crippen LogP contribution in [0.2, 0.25) is 0 Å². The molecule has 0 saturated carbocycles. The van der Waals surface area contributed by atoms with Crippen molar-refractivity contribution in [2.45, 2.75) is 33.1 Å². The highest BCUT2D eigenvalue weighted by atomic mass is 16.4. The Kier molecular flexibility index (Phi) is 2.38. The van der Waals surface area contributed by atoms with E-state index in [0.29, 0.717) is 5.58 Å². The van der Waals surface area contributed by atoms with Crippen LogP contribution < -0.4 is 5.63 Å². The van der Waals surface area contributed by atoms with Crippen LogP contribution in [-0.4, -0.2) is 0 Å². The number of hydrogen-bond donors (Lipinski definition) is 0. The predicted octanol–water partition coefficient (Wildman–Crippen LogP) is 3.40. The van der Waals surface area contributed by atoms with Crippen molar-refractivity contribution in [3.05, 3.63) is 45.8 Å². The van der Waals surface area contributed by atoms with Crippen molar-refractivity contribution in [1.82, 2.24) is 0 Å². The Morgan fingerprint density at radius 3 is 2.44 bits per heavy atom. The third-order valence-corrected chi connectivity index (χ3v) is 2.82. The highest BCUT2D eigenvalue weighted by molar-refractivity contribution is 5.80. The fourth-order valence-corrected chi connectivity index (χ4v) is 1.79. The number of benzene rings is 1. The minimum atomic E-state index is -0.284. The summed E-state index contributed by atoms with van der Waals surface area (Å²) in [4.78, 5) is 11.2. The van der Waals surface area contributed by atoms with Crippen LogP contribution in [0.15, 0.2) is 33.5 Å². The molecule has 0 radical (unpaired) electrons. The van der Waals surface area contributed by atoms with Crippen LogP contribution in [0.25, 0.3) is 11.0 Å².